The molecule has 136 valence electrons. The van der Waals surface area contributed by atoms with Crippen LogP contribution in [-0.4, -0.2) is 28.9 Å². The van der Waals surface area contributed by atoms with Gasteiger partial charge in [0.1, 0.15) is 5.75 Å². The summed E-state index contributed by atoms with van der Waals surface area (Å²) in [5.41, 5.74) is 1.86. The van der Waals surface area contributed by atoms with Gasteiger partial charge in [-0.3, -0.25) is 9.89 Å². The Morgan fingerprint density at radius 2 is 2.04 bits per heavy atom. The van der Waals surface area contributed by atoms with Crippen LogP contribution in [0.15, 0.2) is 24.3 Å². The molecule has 2 aromatic rings. The lowest BCUT2D eigenvalue weighted by Crippen LogP contribution is -2.20. The van der Waals surface area contributed by atoms with Crippen LogP contribution in [0.4, 0.5) is 18.9 Å². The maximum absolute atomic E-state index is 12.4. The molecule has 0 unspecified atom stereocenters. The van der Waals surface area contributed by atoms with E-state index < -0.39 is 18.7 Å². The van der Waals surface area contributed by atoms with Gasteiger partial charge < -0.3 is 10.1 Å². The fourth-order valence-corrected chi connectivity index (χ4v) is 2.22. The Morgan fingerprint density at radius 1 is 1.32 bits per heavy atom. The Kier molecular flexibility index (Phi) is 5.71. The molecule has 0 radical (unpaired) electrons. The van der Waals surface area contributed by atoms with Gasteiger partial charge in [0, 0.05) is 5.69 Å². The molecule has 0 fully saturated rings. The Bertz CT molecular complexity index is 739. The summed E-state index contributed by atoms with van der Waals surface area (Å²) in [6, 6.07) is 6.24. The molecule has 0 atom stereocenters. The molecule has 8 heteroatoms. The van der Waals surface area contributed by atoms with Gasteiger partial charge in [0.05, 0.1) is 5.69 Å². The Morgan fingerprint density at radius 3 is 2.68 bits per heavy atom. The zero-order chi connectivity index (χ0) is 18.6. The number of carbonyl (C=O) groups is 1. The highest BCUT2D eigenvalue weighted by atomic mass is 19.4. The number of amides is 1. The summed E-state index contributed by atoms with van der Waals surface area (Å²) in [5, 5.41) is 9.26. The number of hydrogen-bond donors (Lipinski definition) is 2. The van der Waals surface area contributed by atoms with Gasteiger partial charge in [-0.05, 0) is 43.0 Å². The third kappa shape index (κ3) is 5.81. The number of halogens is 3. The summed E-state index contributed by atoms with van der Waals surface area (Å²) in [5.74, 6) is -0.161. The first-order valence-corrected chi connectivity index (χ1v) is 7.80. The fraction of sp³-hybridized carbons (Fsp3) is 0.412. The lowest BCUT2D eigenvalue weighted by Gasteiger charge is -2.14. The molecule has 1 amide bonds. The normalized spacial score (nSPS) is 11.6. The van der Waals surface area contributed by atoms with Gasteiger partial charge in [-0.25, -0.2) is 0 Å². The largest absolute Gasteiger partial charge is 0.482 e. The van der Waals surface area contributed by atoms with Crippen LogP contribution in [0.2, 0.25) is 0 Å². The Hall–Kier alpha value is -2.51. The summed E-state index contributed by atoms with van der Waals surface area (Å²) in [4.78, 5) is 12.3. The third-order valence-electron chi connectivity index (χ3n) is 3.27. The quantitative estimate of drug-likeness (QED) is 0.819. The lowest BCUT2D eigenvalue weighted by atomic mass is 10.1. The van der Waals surface area contributed by atoms with Crippen molar-refractivity contribution in [1.82, 2.24) is 10.2 Å². The van der Waals surface area contributed by atoms with Crippen molar-refractivity contribution in [2.75, 3.05) is 11.9 Å². The molecule has 0 bridgehead atoms. The number of anilines is 1. The standard InChI is InChI=1S/C17H20F3N3O2/c1-10(2)6-12-8-14(23-22-12)16(24)21-13-5-4-11(3)7-15(13)25-9-17(18,19)20/h4-5,7-8,10H,6,9H2,1-3H3,(H,21,24)(H,22,23). The van der Waals surface area contributed by atoms with Gasteiger partial charge in [-0.2, -0.15) is 18.3 Å². The summed E-state index contributed by atoms with van der Waals surface area (Å²) < 4.78 is 42.0. The van der Waals surface area contributed by atoms with Crippen LogP contribution in [0, 0.1) is 12.8 Å². The summed E-state index contributed by atoms with van der Waals surface area (Å²) in [6.07, 6.45) is -3.72. The van der Waals surface area contributed by atoms with E-state index in [2.05, 4.69) is 15.5 Å². The van der Waals surface area contributed by atoms with Crippen molar-refractivity contribution in [2.45, 2.75) is 33.4 Å². The van der Waals surface area contributed by atoms with E-state index in [0.717, 1.165) is 12.1 Å². The van der Waals surface area contributed by atoms with Gasteiger partial charge >= 0.3 is 6.18 Å². The van der Waals surface area contributed by atoms with E-state index >= 15 is 0 Å². The second-order valence-electron chi connectivity index (χ2n) is 6.23. The van der Waals surface area contributed by atoms with Crippen LogP contribution in [0.25, 0.3) is 0 Å². The molecule has 2 N–H and O–H groups in total. The van der Waals surface area contributed by atoms with Crippen LogP contribution in [0.3, 0.4) is 0 Å². The van der Waals surface area contributed by atoms with Gasteiger partial charge in [0.2, 0.25) is 0 Å². The highest BCUT2D eigenvalue weighted by Crippen LogP contribution is 2.28. The maximum atomic E-state index is 12.4. The molecular formula is C17H20F3N3O2. The lowest BCUT2D eigenvalue weighted by molar-refractivity contribution is -0.153. The predicted octanol–water partition coefficient (Wildman–Crippen LogP) is 4.11. The van der Waals surface area contributed by atoms with E-state index in [9.17, 15) is 18.0 Å². The molecule has 0 aliphatic heterocycles. The first-order valence-electron chi connectivity index (χ1n) is 7.80. The van der Waals surface area contributed by atoms with Gasteiger partial charge in [0.25, 0.3) is 5.91 Å². The monoisotopic (exact) mass is 355 g/mol. The molecule has 0 aliphatic rings. The Balaban J connectivity index is 2.13. The molecule has 1 heterocycles. The number of carbonyl (C=O) groups excluding carboxylic acids is 1. The van der Waals surface area contributed by atoms with E-state index in [1.165, 1.54) is 12.1 Å². The average Bonchev–Trinajstić information content (AvgIpc) is 2.94. The SMILES string of the molecule is Cc1ccc(NC(=O)c2cc(CC(C)C)[nH]n2)c(OCC(F)(F)F)c1. The topological polar surface area (TPSA) is 67.0 Å². The molecule has 0 aliphatic carbocycles. The fourth-order valence-electron chi connectivity index (χ4n) is 2.22. The average molecular weight is 355 g/mol. The number of benzene rings is 1. The first-order chi connectivity index (χ1) is 11.6. The number of aromatic nitrogens is 2. The molecule has 0 saturated carbocycles. The summed E-state index contributed by atoms with van der Waals surface area (Å²) in [7, 11) is 0. The van der Waals surface area contributed by atoms with Crippen molar-refractivity contribution < 1.29 is 22.7 Å². The molecule has 1 aromatic carbocycles. The second kappa shape index (κ2) is 7.58. The number of rotatable bonds is 6. The number of H-pyrrole nitrogens is 1. The van der Waals surface area contributed by atoms with E-state index in [1.807, 2.05) is 13.8 Å². The highest BCUT2D eigenvalue weighted by molar-refractivity contribution is 6.03. The number of nitrogens with zero attached hydrogens (tertiary/aromatic N) is 1. The number of aromatic amines is 1. The van der Waals surface area contributed by atoms with Crippen LogP contribution in [0.5, 0.6) is 5.75 Å². The van der Waals surface area contributed by atoms with E-state index in [-0.39, 0.29) is 17.1 Å². The van der Waals surface area contributed by atoms with Gasteiger partial charge in [-0.15, -0.1) is 0 Å². The van der Waals surface area contributed by atoms with Gasteiger partial charge in [0.15, 0.2) is 12.3 Å². The minimum atomic E-state index is -4.46. The van der Waals surface area contributed by atoms with Gasteiger partial charge in [-0.1, -0.05) is 19.9 Å². The van der Waals surface area contributed by atoms with Crippen molar-refractivity contribution in [1.29, 1.82) is 0 Å². The minimum absolute atomic E-state index is 0.0383. The second-order valence-corrected chi connectivity index (χ2v) is 6.23. The van der Waals surface area contributed by atoms with Crippen LogP contribution >= 0.6 is 0 Å². The molecule has 5 nitrogen and oxygen atoms in total. The van der Waals surface area contributed by atoms with E-state index in [4.69, 9.17) is 4.74 Å². The summed E-state index contributed by atoms with van der Waals surface area (Å²) in [6.45, 7) is 4.37. The smallest absolute Gasteiger partial charge is 0.422 e. The zero-order valence-corrected chi connectivity index (χ0v) is 14.2. The van der Waals surface area contributed by atoms with Crippen molar-refractivity contribution in [3.05, 3.63) is 41.2 Å². The van der Waals surface area contributed by atoms with Crippen LogP contribution < -0.4 is 10.1 Å². The number of ether oxygens (including phenoxy) is 1. The van der Waals surface area contributed by atoms with Crippen LogP contribution in [0.1, 0.15) is 35.6 Å². The molecule has 0 spiro atoms. The highest BCUT2D eigenvalue weighted by Gasteiger charge is 2.29. The van der Waals surface area contributed by atoms with Crippen LogP contribution in [-0.2, 0) is 6.42 Å². The first kappa shape index (κ1) is 18.8. The van der Waals surface area contributed by atoms with Crippen molar-refractivity contribution in [3.8, 4) is 5.75 Å². The Labute approximate surface area is 143 Å². The molecule has 1 aromatic heterocycles. The minimum Gasteiger partial charge on any atom is -0.482 e. The molecule has 0 saturated heterocycles. The van der Waals surface area contributed by atoms with E-state index in [1.54, 1.807) is 19.1 Å². The molecular weight excluding hydrogens is 335 g/mol. The summed E-state index contributed by atoms with van der Waals surface area (Å²) >= 11 is 0. The maximum Gasteiger partial charge on any atom is 0.422 e. The zero-order valence-electron chi connectivity index (χ0n) is 14.2. The number of nitrogens with one attached hydrogen (secondary N) is 2. The molecule has 2 rings (SSSR count). The number of hydrogen-bond acceptors (Lipinski definition) is 3. The number of alkyl halides is 3. The number of aryl methyl sites for hydroxylation is 1. The third-order valence-corrected chi connectivity index (χ3v) is 3.27. The molecule has 25 heavy (non-hydrogen) atoms. The van der Waals surface area contributed by atoms with Crippen molar-refractivity contribution >= 4 is 11.6 Å². The van der Waals surface area contributed by atoms with Crippen molar-refractivity contribution in [2.24, 2.45) is 5.92 Å². The van der Waals surface area contributed by atoms with E-state index in [0.29, 0.717) is 11.5 Å². The predicted molar refractivity (Wildman–Crippen MR) is 87.8 cm³/mol. The van der Waals surface area contributed by atoms with Crippen molar-refractivity contribution in [3.63, 3.8) is 0 Å².